The Labute approximate surface area is 195 Å². The van der Waals surface area contributed by atoms with Crippen LogP contribution in [0.4, 0.5) is 0 Å². The van der Waals surface area contributed by atoms with Crippen LogP contribution in [0.25, 0.3) is 15.9 Å². The van der Waals surface area contributed by atoms with E-state index in [0.29, 0.717) is 34.6 Å². The van der Waals surface area contributed by atoms with Crippen molar-refractivity contribution in [3.63, 3.8) is 0 Å². The number of methoxy groups -OCH3 is 1. The lowest BCUT2D eigenvalue weighted by Crippen LogP contribution is -2.35. The predicted molar refractivity (Wildman–Crippen MR) is 128 cm³/mol. The molecular weight excluding hydrogens is 446 g/mol. The number of nitrogens with zero attached hydrogens (tertiary/aromatic N) is 3. The first kappa shape index (κ1) is 22.8. The molecule has 0 fully saturated rings. The lowest BCUT2D eigenvalue weighted by atomic mass is 10.0. The number of aromatic nitrogens is 2. The molecule has 0 bridgehead atoms. The molecule has 0 aliphatic carbocycles. The van der Waals surface area contributed by atoms with Crippen LogP contribution in [0.1, 0.15) is 31.2 Å². The molecule has 7 nitrogen and oxygen atoms in total. The Kier molecular flexibility index (Phi) is 6.88. The highest BCUT2D eigenvalue weighted by Crippen LogP contribution is 2.35. The van der Waals surface area contributed by atoms with E-state index >= 15 is 0 Å². The maximum absolute atomic E-state index is 13.8. The standard InChI is InChI=1S/C23H27N3O4S2/c1-5-30-19(27)13-31-23-24-21-20(17-10-11-25(14(2)3)12-18(17)32-21)22(28)26(23)15-6-8-16(29-4)9-7-15/h6-9,14H,5,10-13H2,1-4H3. The van der Waals surface area contributed by atoms with E-state index in [9.17, 15) is 9.59 Å². The lowest BCUT2D eigenvalue weighted by molar-refractivity contribution is -0.139. The van der Waals surface area contributed by atoms with Crippen molar-refractivity contribution in [1.82, 2.24) is 14.5 Å². The van der Waals surface area contributed by atoms with Crippen LogP contribution in [-0.4, -0.2) is 52.5 Å². The van der Waals surface area contributed by atoms with E-state index in [2.05, 4.69) is 18.7 Å². The van der Waals surface area contributed by atoms with Crippen LogP contribution in [-0.2, 0) is 22.5 Å². The van der Waals surface area contributed by atoms with Crippen molar-refractivity contribution in [3.05, 3.63) is 45.1 Å². The third-order valence-electron chi connectivity index (χ3n) is 5.56. The number of thiophene rings is 1. The summed E-state index contributed by atoms with van der Waals surface area (Å²) in [7, 11) is 1.60. The molecule has 4 rings (SSSR count). The number of thioether (sulfide) groups is 1. The second kappa shape index (κ2) is 9.64. The van der Waals surface area contributed by atoms with Gasteiger partial charge in [0, 0.05) is 24.0 Å². The highest BCUT2D eigenvalue weighted by molar-refractivity contribution is 7.99. The number of fused-ring (bicyclic) bond motifs is 3. The van der Waals surface area contributed by atoms with Crippen molar-refractivity contribution in [3.8, 4) is 11.4 Å². The molecule has 170 valence electrons. The molecule has 9 heteroatoms. The van der Waals surface area contributed by atoms with E-state index in [0.717, 1.165) is 29.9 Å². The molecule has 3 aromatic rings. The summed E-state index contributed by atoms with van der Waals surface area (Å²) in [6.07, 6.45) is 0.836. The highest BCUT2D eigenvalue weighted by atomic mass is 32.2. The minimum absolute atomic E-state index is 0.0914. The van der Waals surface area contributed by atoms with Gasteiger partial charge >= 0.3 is 5.97 Å². The van der Waals surface area contributed by atoms with E-state index in [4.69, 9.17) is 14.5 Å². The first-order valence-electron chi connectivity index (χ1n) is 10.7. The third kappa shape index (κ3) is 4.42. The van der Waals surface area contributed by atoms with Crippen molar-refractivity contribution in [2.45, 2.75) is 44.9 Å². The number of carbonyl (C=O) groups is 1. The van der Waals surface area contributed by atoms with Crippen LogP contribution in [0, 0.1) is 0 Å². The van der Waals surface area contributed by atoms with Crippen molar-refractivity contribution < 1.29 is 14.3 Å². The zero-order valence-corrected chi connectivity index (χ0v) is 20.3. The second-order valence-electron chi connectivity index (χ2n) is 7.82. The van der Waals surface area contributed by atoms with Gasteiger partial charge in [-0.15, -0.1) is 11.3 Å². The highest BCUT2D eigenvalue weighted by Gasteiger charge is 2.26. The first-order chi connectivity index (χ1) is 15.4. The number of esters is 1. The quantitative estimate of drug-likeness (QED) is 0.293. The van der Waals surface area contributed by atoms with Crippen LogP contribution in [0.5, 0.6) is 5.75 Å². The Morgan fingerprint density at radius 1 is 1.28 bits per heavy atom. The van der Waals surface area contributed by atoms with Gasteiger partial charge in [0.2, 0.25) is 0 Å². The SMILES string of the molecule is CCOC(=O)CSc1nc2sc3c(c2c(=O)n1-c1ccc(OC)cc1)CCN(C(C)C)C3. The van der Waals surface area contributed by atoms with E-state index < -0.39 is 0 Å². The van der Waals surface area contributed by atoms with Crippen molar-refractivity contribution in [2.75, 3.05) is 26.0 Å². The molecule has 0 unspecified atom stereocenters. The predicted octanol–water partition coefficient (Wildman–Crippen LogP) is 3.88. The summed E-state index contributed by atoms with van der Waals surface area (Å²) in [5.74, 6) is 0.471. The summed E-state index contributed by atoms with van der Waals surface area (Å²) in [5.41, 5.74) is 1.71. The van der Waals surface area contributed by atoms with E-state index in [1.807, 2.05) is 24.3 Å². The number of hydrogen-bond acceptors (Lipinski definition) is 8. The Bertz CT molecular complexity index is 1180. The van der Waals surface area contributed by atoms with E-state index in [1.54, 1.807) is 29.9 Å². The number of ether oxygens (including phenoxy) is 2. The maximum Gasteiger partial charge on any atom is 0.316 e. The average Bonchev–Trinajstić information content (AvgIpc) is 3.16. The van der Waals surface area contributed by atoms with Crippen molar-refractivity contribution in [1.29, 1.82) is 0 Å². The maximum atomic E-state index is 13.8. The number of rotatable bonds is 7. The summed E-state index contributed by atoms with van der Waals surface area (Å²) < 4.78 is 11.9. The summed E-state index contributed by atoms with van der Waals surface area (Å²) in [6, 6.07) is 7.75. The van der Waals surface area contributed by atoms with Crippen LogP contribution in [0.15, 0.2) is 34.2 Å². The zero-order valence-electron chi connectivity index (χ0n) is 18.7. The normalized spacial score (nSPS) is 14.0. The molecule has 1 aromatic carbocycles. The first-order valence-corrected chi connectivity index (χ1v) is 12.5. The lowest BCUT2D eigenvalue weighted by Gasteiger charge is -2.30. The molecule has 0 N–H and O–H groups in total. The molecule has 0 saturated heterocycles. The van der Waals surface area contributed by atoms with Gasteiger partial charge in [0.05, 0.1) is 30.5 Å². The monoisotopic (exact) mass is 473 g/mol. The van der Waals surface area contributed by atoms with Crippen LogP contribution in [0.2, 0.25) is 0 Å². The molecule has 0 spiro atoms. The molecule has 3 heterocycles. The fraction of sp³-hybridized carbons (Fsp3) is 0.435. The van der Waals surface area contributed by atoms with Crippen molar-refractivity contribution in [2.24, 2.45) is 0 Å². The Morgan fingerprint density at radius 3 is 2.69 bits per heavy atom. The smallest absolute Gasteiger partial charge is 0.316 e. The van der Waals surface area contributed by atoms with Gasteiger partial charge in [-0.1, -0.05) is 11.8 Å². The molecule has 1 aliphatic rings. The fourth-order valence-corrected chi connectivity index (χ4v) is 5.96. The Morgan fingerprint density at radius 2 is 2.03 bits per heavy atom. The number of hydrogen-bond donors (Lipinski definition) is 0. The topological polar surface area (TPSA) is 73.7 Å². The van der Waals surface area contributed by atoms with E-state index in [1.165, 1.54) is 16.6 Å². The van der Waals surface area contributed by atoms with Gasteiger partial charge in [-0.05, 0) is 57.0 Å². The molecular formula is C23H27N3O4S2. The van der Waals surface area contributed by atoms with E-state index in [-0.39, 0.29) is 17.3 Å². The van der Waals surface area contributed by atoms with Gasteiger partial charge in [0.1, 0.15) is 10.6 Å². The minimum atomic E-state index is -0.328. The van der Waals surface area contributed by atoms with Gasteiger partial charge < -0.3 is 9.47 Å². The zero-order chi connectivity index (χ0) is 22.8. The summed E-state index contributed by atoms with van der Waals surface area (Å²) >= 11 is 2.81. The van der Waals surface area contributed by atoms with Gasteiger partial charge in [0.25, 0.3) is 5.56 Å². The van der Waals surface area contributed by atoms with Gasteiger partial charge in [-0.3, -0.25) is 19.1 Å². The number of benzene rings is 1. The second-order valence-corrected chi connectivity index (χ2v) is 9.85. The molecule has 0 atom stereocenters. The molecule has 0 radical (unpaired) electrons. The minimum Gasteiger partial charge on any atom is -0.497 e. The molecule has 2 aromatic heterocycles. The van der Waals surface area contributed by atoms with Gasteiger partial charge in [-0.25, -0.2) is 4.98 Å². The average molecular weight is 474 g/mol. The Balaban J connectivity index is 1.83. The van der Waals surface area contributed by atoms with Crippen LogP contribution < -0.4 is 10.3 Å². The summed E-state index contributed by atoms with van der Waals surface area (Å²) in [5, 5.41) is 1.18. The van der Waals surface area contributed by atoms with Gasteiger partial charge in [-0.2, -0.15) is 0 Å². The van der Waals surface area contributed by atoms with Crippen LogP contribution in [0.3, 0.4) is 0 Å². The van der Waals surface area contributed by atoms with Crippen molar-refractivity contribution >= 4 is 39.3 Å². The summed E-state index contributed by atoms with van der Waals surface area (Å²) in [4.78, 5) is 35.0. The van der Waals surface area contributed by atoms with Crippen LogP contribution >= 0.6 is 23.1 Å². The van der Waals surface area contributed by atoms with Gasteiger partial charge in [0.15, 0.2) is 5.16 Å². The third-order valence-corrected chi connectivity index (χ3v) is 7.58. The largest absolute Gasteiger partial charge is 0.497 e. The molecule has 1 aliphatic heterocycles. The molecule has 0 saturated carbocycles. The Hall–Kier alpha value is -2.36. The molecule has 32 heavy (non-hydrogen) atoms. The fourth-order valence-electron chi connectivity index (χ4n) is 3.87. The molecule has 0 amide bonds. The summed E-state index contributed by atoms with van der Waals surface area (Å²) in [6.45, 7) is 8.24. The number of carbonyl (C=O) groups excluding carboxylic acids is 1.